The van der Waals surface area contributed by atoms with Crippen molar-refractivity contribution in [1.29, 1.82) is 0 Å². The fraction of sp³-hybridized carbons (Fsp3) is 1.00. The summed E-state index contributed by atoms with van der Waals surface area (Å²) in [6.45, 7) is 6.44. The van der Waals surface area contributed by atoms with Crippen LogP contribution in [0.4, 0.5) is 0 Å². The fourth-order valence-electron chi connectivity index (χ4n) is 0.702. The zero-order valence-electron chi connectivity index (χ0n) is 7.22. The van der Waals surface area contributed by atoms with Gasteiger partial charge in [-0.2, -0.15) is 0 Å². The summed E-state index contributed by atoms with van der Waals surface area (Å²) < 4.78 is 0. The van der Waals surface area contributed by atoms with E-state index < -0.39 is 5.60 Å². The van der Waals surface area contributed by atoms with Crippen molar-refractivity contribution in [1.82, 2.24) is 0 Å². The molecule has 0 aliphatic rings. The highest BCUT2D eigenvalue weighted by atomic mass is 16.3. The van der Waals surface area contributed by atoms with Crippen molar-refractivity contribution in [3.05, 3.63) is 0 Å². The Morgan fingerprint density at radius 2 is 2.00 bits per heavy atom. The molecule has 62 valence electrons. The van der Waals surface area contributed by atoms with Crippen molar-refractivity contribution < 1.29 is 5.11 Å². The molecule has 0 aliphatic carbocycles. The second kappa shape index (κ2) is 3.94. The largest absolute Gasteiger partial charge is 0.389 e. The highest BCUT2D eigenvalue weighted by Gasteiger charge is 2.17. The van der Waals surface area contributed by atoms with Crippen LogP contribution in [0.2, 0.25) is 0 Å². The number of hydrogen-bond acceptors (Lipinski definition) is 2. The molecule has 0 unspecified atom stereocenters. The zero-order valence-corrected chi connectivity index (χ0v) is 7.22. The second-order valence-electron chi connectivity index (χ2n) is 3.63. The molecule has 0 fully saturated rings. The quantitative estimate of drug-likeness (QED) is 0.623. The predicted molar refractivity (Wildman–Crippen MR) is 43.8 cm³/mol. The molecule has 10 heavy (non-hydrogen) atoms. The van der Waals surface area contributed by atoms with Crippen molar-refractivity contribution in [2.75, 3.05) is 6.54 Å². The van der Waals surface area contributed by atoms with Crippen molar-refractivity contribution in [2.45, 2.75) is 39.2 Å². The minimum Gasteiger partial charge on any atom is -0.389 e. The molecule has 0 saturated carbocycles. The van der Waals surface area contributed by atoms with Gasteiger partial charge in [-0.1, -0.05) is 13.8 Å². The topological polar surface area (TPSA) is 46.2 Å². The fourth-order valence-corrected chi connectivity index (χ4v) is 0.702. The molecule has 0 spiro atoms. The average Bonchev–Trinajstić information content (AvgIpc) is 1.85. The van der Waals surface area contributed by atoms with Crippen LogP contribution >= 0.6 is 0 Å². The normalized spacial score (nSPS) is 17.4. The molecule has 1 atom stereocenters. The first kappa shape index (κ1) is 9.92. The Kier molecular flexibility index (Phi) is 3.91. The Morgan fingerprint density at radius 3 is 2.30 bits per heavy atom. The lowest BCUT2D eigenvalue weighted by Crippen LogP contribution is -2.34. The molecule has 0 bridgehead atoms. The molecule has 0 aromatic carbocycles. The lowest BCUT2D eigenvalue weighted by Gasteiger charge is -2.21. The SMILES string of the molecule is CC(C)CC[C@@](C)(O)CN. The molecule has 2 nitrogen and oxygen atoms in total. The maximum atomic E-state index is 9.45. The number of rotatable bonds is 4. The highest BCUT2D eigenvalue weighted by Crippen LogP contribution is 2.14. The summed E-state index contributed by atoms with van der Waals surface area (Å²) in [7, 11) is 0. The van der Waals surface area contributed by atoms with Gasteiger partial charge in [0.05, 0.1) is 5.60 Å². The monoisotopic (exact) mass is 145 g/mol. The van der Waals surface area contributed by atoms with E-state index in [9.17, 15) is 5.11 Å². The summed E-state index contributed by atoms with van der Waals surface area (Å²) in [5.74, 6) is 0.651. The van der Waals surface area contributed by atoms with Crippen molar-refractivity contribution in [2.24, 2.45) is 11.7 Å². The predicted octanol–water partition coefficient (Wildman–Crippen LogP) is 1.13. The van der Waals surface area contributed by atoms with Gasteiger partial charge in [0, 0.05) is 6.54 Å². The maximum Gasteiger partial charge on any atom is 0.0741 e. The van der Waals surface area contributed by atoms with Gasteiger partial charge in [0.15, 0.2) is 0 Å². The van der Waals surface area contributed by atoms with E-state index in [-0.39, 0.29) is 0 Å². The minimum atomic E-state index is -0.649. The van der Waals surface area contributed by atoms with Crippen LogP contribution in [-0.2, 0) is 0 Å². The van der Waals surface area contributed by atoms with Gasteiger partial charge in [0.2, 0.25) is 0 Å². The summed E-state index contributed by atoms with van der Waals surface area (Å²) in [5, 5.41) is 9.45. The van der Waals surface area contributed by atoms with E-state index in [4.69, 9.17) is 5.73 Å². The Balaban J connectivity index is 3.46. The van der Waals surface area contributed by atoms with Crippen molar-refractivity contribution >= 4 is 0 Å². The van der Waals surface area contributed by atoms with Crippen LogP contribution in [-0.4, -0.2) is 17.3 Å². The van der Waals surface area contributed by atoms with Gasteiger partial charge in [0.25, 0.3) is 0 Å². The van der Waals surface area contributed by atoms with E-state index in [1.165, 1.54) is 0 Å². The van der Waals surface area contributed by atoms with Crippen LogP contribution in [0.25, 0.3) is 0 Å². The highest BCUT2D eigenvalue weighted by molar-refractivity contribution is 4.73. The molecule has 0 rings (SSSR count). The number of aliphatic hydroxyl groups is 1. The van der Waals surface area contributed by atoms with Crippen LogP contribution in [0.15, 0.2) is 0 Å². The zero-order chi connectivity index (χ0) is 8.20. The van der Waals surface area contributed by atoms with Crippen molar-refractivity contribution in [3.63, 3.8) is 0 Å². The van der Waals surface area contributed by atoms with Crippen LogP contribution < -0.4 is 5.73 Å². The van der Waals surface area contributed by atoms with Gasteiger partial charge in [-0.25, -0.2) is 0 Å². The van der Waals surface area contributed by atoms with Gasteiger partial charge in [-0.05, 0) is 25.7 Å². The molecule has 0 radical (unpaired) electrons. The maximum absolute atomic E-state index is 9.45. The van der Waals surface area contributed by atoms with Gasteiger partial charge in [0.1, 0.15) is 0 Å². The molecule has 0 aromatic heterocycles. The van der Waals surface area contributed by atoms with E-state index in [0.717, 1.165) is 12.8 Å². The van der Waals surface area contributed by atoms with Gasteiger partial charge >= 0.3 is 0 Å². The summed E-state index contributed by atoms with van der Waals surface area (Å²) in [5.41, 5.74) is 4.69. The van der Waals surface area contributed by atoms with Gasteiger partial charge in [-0.3, -0.25) is 0 Å². The summed E-state index contributed by atoms with van der Waals surface area (Å²) in [6, 6.07) is 0. The smallest absolute Gasteiger partial charge is 0.0741 e. The van der Waals surface area contributed by atoms with Crippen LogP contribution in [0, 0.1) is 5.92 Å². The second-order valence-corrected chi connectivity index (χ2v) is 3.63. The van der Waals surface area contributed by atoms with E-state index >= 15 is 0 Å². The lowest BCUT2D eigenvalue weighted by atomic mass is 9.96. The average molecular weight is 145 g/mol. The van der Waals surface area contributed by atoms with E-state index in [2.05, 4.69) is 13.8 Å². The molecule has 0 aliphatic heterocycles. The summed E-state index contributed by atoms with van der Waals surface area (Å²) >= 11 is 0. The van der Waals surface area contributed by atoms with Crippen LogP contribution in [0.3, 0.4) is 0 Å². The molecule has 0 saturated heterocycles. The van der Waals surface area contributed by atoms with E-state index in [0.29, 0.717) is 12.5 Å². The van der Waals surface area contributed by atoms with E-state index in [1.807, 2.05) is 0 Å². The number of nitrogens with two attached hydrogens (primary N) is 1. The first-order valence-corrected chi connectivity index (χ1v) is 3.90. The minimum absolute atomic E-state index is 0.361. The first-order valence-electron chi connectivity index (χ1n) is 3.90. The Hall–Kier alpha value is -0.0800. The number of hydrogen-bond donors (Lipinski definition) is 2. The van der Waals surface area contributed by atoms with Crippen LogP contribution in [0.5, 0.6) is 0 Å². The summed E-state index contributed by atoms with van der Waals surface area (Å²) in [6.07, 6.45) is 1.85. The third-order valence-corrected chi connectivity index (χ3v) is 1.70. The van der Waals surface area contributed by atoms with Crippen LogP contribution in [0.1, 0.15) is 33.6 Å². The van der Waals surface area contributed by atoms with Crippen molar-refractivity contribution in [3.8, 4) is 0 Å². The molecule has 0 heterocycles. The Bertz CT molecular complexity index is 89.3. The standard InChI is InChI=1S/C8H19NO/c1-7(2)4-5-8(3,10)6-9/h7,10H,4-6,9H2,1-3H3/t8-/m1/s1. The molecular formula is C8H19NO. The lowest BCUT2D eigenvalue weighted by molar-refractivity contribution is 0.0543. The molecule has 2 heteroatoms. The molecule has 3 N–H and O–H groups in total. The third-order valence-electron chi connectivity index (χ3n) is 1.70. The van der Waals surface area contributed by atoms with Gasteiger partial charge < -0.3 is 10.8 Å². The molecule has 0 amide bonds. The molecular weight excluding hydrogens is 126 g/mol. The Labute approximate surface area is 63.4 Å². The molecule has 0 aromatic rings. The van der Waals surface area contributed by atoms with E-state index in [1.54, 1.807) is 6.92 Å². The third kappa shape index (κ3) is 4.77. The first-order chi connectivity index (χ1) is 4.48. The Morgan fingerprint density at radius 1 is 1.50 bits per heavy atom. The van der Waals surface area contributed by atoms with Gasteiger partial charge in [-0.15, -0.1) is 0 Å². The summed E-state index contributed by atoms with van der Waals surface area (Å²) in [4.78, 5) is 0.